The Morgan fingerprint density at radius 2 is 1.85 bits per heavy atom. The Bertz CT molecular complexity index is 309. The average Bonchev–Trinajstić information content (AvgIpc) is 3.15. The molecule has 0 aromatic carbocycles. The summed E-state index contributed by atoms with van der Waals surface area (Å²) in [5.41, 5.74) is 0.553. The summed E-state index contributed by atoms with van der Waals surface area (Å²) in [5, 5.41) is 5.95. The van der Waals surface area contributed by atoms with E-state index < -0.39 is 0 Å². The third-order valence-corrected chi connectivity index (χ3v) is 5.31. The van der Waals surface area contributed by atoms with E-state index in [1.54, 1.807) is 0 Å². The van der Waals surface area contributed by atoms with Gasteiger partial charge in [-0.05, 0) is 55.3 Å². The highest BCUT2D eigenvalue weighted by Crippen LogP contribution is 2.61. The molecule has 20 heavy (non-hydrogen) atoms. The van der Waals surface area contributed by atoms with E-state index in [0.717, 1.165) is 18.8 Å². The zero-order chi connectivity index (χ0) is 15.0. The molecule has 0 heterocycles. The summed E-state index contributed by atoms with van der Waals surface area (Å²) in [4.78, 5) is 20.4. The molecule has 0 aliphatic heterocycles. The molecule has 116 valence electrons. The molecule has 1 aliphatic rings. The molecule has 1 saturated carbocycles. The largest absolute Gasteiger partial charge is 0.151 e. The van der Waals surface area contributed by atoms with Gasteiger partial charge < -0.3 is 0 Å². The third kappa shape index (κ3) is 5.29. The Balaban J connectivity index is 2.25. The van der Waals surface area contributed by atoms with Crippen LogP contribution in [0.25, 0.3) is 0 Å². The minimum Gasteiger partial charge on any atom is -0.151 e. The summed E-state index contributed by atoms with van der Waals surface area (Å²) in [6.07, 6.45) is 8.41. The van der Waals surface area contributed by atoms with Crippen molar-refractivity contribution in [1.29, 1.82) is 0 Å². The first kappa shape index (κ1) is 17.3. The SMILES string of the molecule is CCC1(CC[C@@H](C)CCN=O)CC1CCC(C)CN=O. The van der Waals surface area contributed by atoms with Gasteiger partial charge in [0.15, 0.2) is 0 Å². The summed E-state index contributed by atoms with van der Waals surface area (Å²) in [6.45, 7) is 7.56. The summed E-state index contributed by atoms with van der Waals surface area (Å²) in [7, 11) is 0. The van der Waals surface area contributed by atoms with Gasteiger partial charge in [-0.1, -0.05) is 44.0 Å². The Morgan fingerprint density at radius 1 is 1.10 bits per heavy atom. The quantitative estimate of drug-likeness (QED) is 0.464. The fourth-order valence-electron chi connectivity index (χ4n) is 3.41. The maximum Gasteiger partial charge on any atom is 0.0836 e. The first-order chi connectivity index (χ1) is 9.57. The normalized spacial score (nSPS) is 27.9. The minimum absolute atomic E-state index is 0.431. The lowest BCUT2D eigenvalue weighted by Crippen LogP contribution is -2.08. The van der Waals surface area contributed by atoms with Crippen LogP contribution in [0.2, 0.25) is 0 Å². The van der Waals surface area contributed by atoms with E-state index in [1.165, 1.54) is 32.1 Å². The van der Waals surface area contributed by atoms with Crippen LogP contribution in [0.5, 0.6) is 0 Å². The van der Waals surface area contributed by atoms with E-state index in [-0.39, 0.29) is 0 Å². The van der Waals surface area contributed by atoms with Crippen LogP contribution in [-0.2, 0) is 0 Å². The Labute approximate surface area is 123 Å². The highest BCUT2D eigenvalue weighted by atomic mass is 16.3. The predicted octanol–water partition coefficient (Wildman–Crippen LogP) is 5.16. The molecule has 4 nitrogen and oxygen atoms in total. The molecule has 0 radical (unpaired) electrons. The first-order valence-electron chi connectivity index (χ1n) is 8.16. The van der Waals surface area contributed by atoms with Gasteiger partial charge in [0.2, 0.25) is 0 Å². The van der Waals surface area contributed by atoms with Crippen LogP contribution >= 0.6 is 0 Å². The average molecular weight is 282 g/mol. The maximum atomic E-state index is 10.2. The number of nitrogens with zero attached hydrogens (tertiary/aromatic N) is 2. The summed E-state index contributed by atoms with van der Waals surface area (Å²) >= 11 is 0. The van der Waals surface area contributed by atoms with E-state index in [4.69, 9.17) is 0 Å². The second-order valence-corrected chi connectivity index (χ2v) is 6.90. The van der Waals surface area contributed by atoms with Crippen molar-refractivity contribution < 1.29 is 0 Å². The fraction of sp³-hybridized carbons (Fsp3) is 1.00. The topological polar surface area (TPSA) is 58.9 Å². The van der Waals surface area contributed by atoms with Gasteiger partial charge in [0.05, 0.1) is 13.1 Å². The molecule has 4 atom stereocenters. The Hall–Kier alpha value is -0.800. The van der Waals surface area contributed by atoms with Gasteiger partial charge >= 0.3 is 0 Å². The van der Waals surface area contributed by atoms with E-state index in [9.17, 15) is 9.81 Å². The number of nitroso groups, excluding NO2 is 2. The fourth-order valence-corrected chi connectivity index (χ4v) is 3.41. The van der Waals surface area contributed by atoms with Crippen LogP contribution in [0.1, 0.15) is 65.7 Å². The number of rotatable bonds is 12. The summed E-state index contributed by atoms with van der Waals surface area (Å²) < 4.78 is 0. The molecular weight excluding hydrogens is 252 g/mol. The van der Waals surface area contributed by atoms with Gasteiger partial charge in [-0.15, -0.1) is 0 Å². The van der Waals surface area contributed by atoms with Gasteiger partial charge in [-0.25, -0.2) is 0 Å². The molecule has 0 spiro atoms. The molecule has 0 N–H and O–H groups in total. The highest BCUT2D eigenvalue weighted by Gasteiger charge is 2.50. The monoisotopic (exact) mass is 282 g/mol. The van der Waals surface area contributed by atoms with Crippen LogP contribution in [0.15, 0.2) is 10.4 Å². The second kappa shape index (κ2) is 8.48. The molecule has 3 unspecified atom stereocenters. The number of hydrogen-bond donors (Lipinski definition) is 0. The zero-order valence-electron chi connectivity index (χ0n) is 13.3. The van der Waals surface area contributed by atoms with Crippen LogP contribution in [0, 0.1) is 33.0 Å². The van der Waals surface area contributed by atoms with Crippen molar-refractivity contribution in [2.75, 3.05) is 13.1 Å². The van der Waals surface area contributed by atoms with Crippen molar-refractivity contribution in [3.8, 4) is 0 Å². The zero-order valence-corrected chi connectivity index (χ0v) is 13.3. The molecule has 0 aromatic rings. The second-order valence-electron chi connectivity index (χ2n) is 6.90. The molecule has 0 bridgehead atoms. The van der Waals surface area contributed by atoms with E-state index >= 15 is 0 Å². The standard InChI is InChI=1S/C16H30N2O2/c1-4-16(9-7-13(2)8-10-17-19)11-15(16)6-5-14(3)12-18-20/h13-15H,4-12H2,1-3H3/t13-,14?,15?,16?/m1/s1. The number of hydrogen-bond acceptors (Lipinski definition) is 4. The van der Waals surface area contributed by atoms with Gasteiger partial charge in [0.25, 0.3) is 0 Å². The summed E-state index contributed by atoms with van der Waals surface area (Å²) in [6, 6.07) is 0. The van der Waals surface area contributed by atoms with Crippen LogP contribution < -0.4 is 0 Å². The lowest BCUT2D eigenvalue weighted by Gasteiger charge is -2.18. The van der Waals surface area contributed by atoms with Gasteiger partial charge in [-0.3, -0.25) is 0 Å². The van der Waals surface area contributed by atoms with E-state index in [2.05, 4.69) is 31.1 Å². The molecule has 4 heteroatoms. The molecule has 0 amide bonds. The van der Waals surface area contributed by atoms with Crippen molar-refractivity contribution >= 4 is 0 Å². The van der Waals surface area contributed by atoms with Gasteiger partial charge in [0.1, 0.15) is 0 Å². The third-order valence-electron chi connectivity index (χ3n) is 5.31. The molecular formula is C16H30N2O2. The lowest BCUT2D eigenvalue weighted by molar-refractivity contribution is 0.331. The Morgan fingerprint density at radius 3 is 2.45 bits per heavy atom. The smallest absolute Gasteiger partial charge is 0.0836 e. The van der Waals surface area contributed by atoms with Crippen molar-refractivity contribution in [3.05, 3.63) is 9.81 Å². The maximum absolute atomic E-state index is 10.2. The van der Waals surface area contributed by atoms with Crippen molar-refractivity contribution in [3.63, 3.8) is 0 Å². The molecule has 1 aliphatic carbocycles. The molecule has 1 rings (SSSR count). The lowest BCUT2D eigenvalue weighted by atomic mass is 9.87. The van der Waals surface area contributed by atoms with Crippen molar-refractivity contribution in [1.82, 2.24) is 0 Å². The Kier molecular flexibility index (Phi) is 7.31. The summed E-state index contributed by atoms with van der Waals surface area (Å²) in [5.74, 6) is 1.88. The van der Waals surface area contributed by atoms with Crippen LogP contribution in [0.4, 0.5) is 0 Å². The van der Waals surface area contributed by atoms with Crippen molar-refractivity contribution in [2.24, 2.45) is 33.5 Å². The molecule has 0 aromatic heterocycles. The van der Waals surface area contributed by atoms with Gasteiger partial charge in [0, 0.05) is 0 Å². The van der Waals surface area contributed by atoms with E-state index in [1.807, 2.05) is 0 Å². The van der Waals surface area contributed by atoms with Crippen LogP contribution in [-0.4, -0.2) is 13.1 Å². The predicted molar refractivity (Wildman–Crippen MR) is 83.6 cm³/mol. The minimum atomic E-state index is 0.431. The van der Waals surface area contributed by atoms with Crippen LogP contribution in [0.3, 0.4) is 0 Å². The van der Waals surface area contributed by atoms with E-state index in [0.29, 0.717) is 30.3 Å². The highest BCUT2D eigenvalue weighted by molar-refractivity contribution is 5.01. The van der Waals surface area contributed by atoms with Crippen molar-refractivity contribution in [2.45, 2.75) is 65.7 Å². The molecule has 0 saturated heterocycles. The first-order valence-corrected chi connectivity index (χ1v) is 8.16. The molecule has 1 fully saturated rings. The van der Waals surface area contributed by atoms with Gasteiger partial charge in [-0.2, -0.15) is 9.81 Å².